The van der Waals surface area contributed by atoms with Crippen molar-refractivity contribution in [2.24, 2.45) is 0 Å². The summed E-state index contributed by atoms with van der Waals surface area (Å²) in [6.07, 6.45) is 5.68. The van der Waals surface area contributed by atoms with Gasteiger partial charge in [0.1, 0.15) is 11.6 Å². The van der Waals surface area contributed by atoms with E-state index < -0.39 is 0 Å². The number of anilines is 3. The molecule has 1 fully saturated rings. The molecule has 1 aromatic carbocycles. The molecular weight excluding hydrogens is 341 g/mol. The fraction of sp³-hybridized carbons (Fsp3) is 0.167. The van der Waals surface area contributed by atoms with Crippen molar-refractivity contribution in [1.82, 2.24) is 15.0 Å². The summed E-state index contributed by atoms with van der Waals surface area (Å²) in [6.45, 7) is 0. The van der Waals surface area contributed by atoms with Gasteiger partial charge >= 0.3 is 0 Å². The van der Waals surface area contributed by atoms with Crippen LogP contribution in [0.3, 0.4) is 0 Å². The van der Waals surface area contributed by atoms with E-state index in [4.69, 9.17) is 11.6 Å². The van der Waals surface area contributed by atoms with E-state index in [2.05, 4.69) is 25.6 Å². The quantitative estimate of drug-likeness (QED) is 0.697. The second-order valence-electron chi connectivity index (χ2n) is 5.87. The molecule has 0 unspecified atom stereocenters. The van der Waals surface area contributed by atoms with E-state index in [1.54, 1.807) is 18.5 Å². The minimum atomic E-state index is -0.383. The highest BCUT2D eigenvalue weighted by atomic mass is 35.5. The molecule has 3 aromatic rings. The molecule has 0 atom stereocenters. The number of hydrogen-bond donors (Lipinski definition) is 2. The Morgan fingerprint density at radius 2 is 1.84 bits per heavy atom. The van der Waals surface area contributed by atoms with Gasteiger partial charge in [0.15, 0.2) is 0 Å². The number of aromatic nitrogens is 3. The van der Waals surface area contributed by atoms with Crippen LogP contribution in [-0.2, 0) is 0 Å². The molecule has 1 aliphatic carbocycles. The summed E-state index contributed by atoms with van der Waals surface area (Å²) in [5.41, 5.74) is 2.28. The van der Waals surface area contributed by atoms with Crippen molar-refractivity contribution >= 4 is 29.1 Å². The molecule has 7 heteroatoms. The number of nitrogens with one attached hydrogen (secondary N) is 2. The summed E-state index contributed by atoms with van der Waals surface area (Å²) in [4.78, 5) is 13.1. The molecule has 0 aliphatic heterocycles. The molecule has 0 bridgehead atoms. The smallest absolute Gasteiger partial charge is 0.225 e. The van der Waals surface area contributed by atoms with Crippen molar-refractivity contribution in [2.45, 2.75) is 18.9 Å². The van der Waals surface area contributed by atoms with Crippen molar-refractivity contribution in [2.75, 3.05) is 10.6 Å². The van der Waals surface area contributed by atoms with Crippen LogP contribution < -0.4 is 10.6 Å². The van der Waals surface area contributed by atoms with E-state index in [1.165, 1.54) is 12.1 Å². The summed E-state index contributed by atoms with van der Waals surface area (Å²) in [6, 6.07) is 10.2. The Balaban J connectivity index is 1.70. The lowest BCUT2D eigenvalue weighted by molar-refractivity contribution is 0.628. The largest absolute Gasteiger partial charge is 0.351 e. The first-order chi connectivity index (χ1) is 12.2. The van der Waals surface area contributed by atoms with E-state index in [1.807, 2.05) is 18.2 Å². The van der Waals surface area contributed by atoms with Crippen molar-refractivity contribution in [3.8, 4) is 11.3 Å². The summed E-state index contributed by atoms with van der Waals surface area (Å²) >= 11 is 6.10. The van der Waals surface area contributed by atoms with Crippen LogP contribution in [0, 0.1) is 5.82 Å². The van der Waals surface area contributed by atoms with Crippen molar-refractivity contribution in [1.29, 1.82) is 0 Å². The predicted molar refractivity (Wildman–Crippen MR) is 96.6 cm³/mol. The Labute approximate surface area is 149 Å². The third kappa shape index (κ3) is 3.85. The highest BCUT2D eigenvalue weighted by Crippen LogP contribution is 2.29. The van der Waals surface area contributed by atoms with Crippen LogP contribution in [0.4, 0.5) is 21.8 Å². The van der Waals surface area contributed by atoms with Gasteiger partial charge in [-0.15, -0.1) is 0 Å². The molecule has 0 saturated heterocycles. The molecule has 0 spiro atoms. The van der Waals surface area contributed by atoms with Crippen LogP contribution in [0.25, 0.3) is 11.3 Å². The lowest BCUT2D eigenvalue weighted by Crippen LogP contribution is -2.08. The SMILES string of the molecule is Fc1ccc(Nc2cc(-c3ccncc3)nc(NC3CC3)n2)c(Cl)c1. The van der Waals surface area contributed by atoms with Crippen LogP contribution in [-0.4, -0.2) is 21.0 Å². The van der Waals surface area contributed by atoms with Crippen molar-refractivity contribution in [3.63, 3.8) is 0 Å². The predicted octanol–water partition coefficient (Wildman–Crippen LogP) is 4.65. The Morgan fingerprint density at radius 1 is 1.04 bits per heavy atom. The number of hydrogen-bond acceptors (Lipinski definition) is 5. The number of benzene rings is 1. The first-order valence-electron chi connectivity index (χ1n) is 7.95. The maximum absolute atomic E-state index is 13.2. The third-order valence-corrected chi connectivity index (χ3v) is 4.12. The van der Waals surface area contributed by atoms with Gasteiger partial charge in [-0.05, 0) is 43.2 Å². The van der Waals surface area contributed by atoms with E-state index in [0.717, 1.165) is 24.1 Å². The fourth-order valence-corrected chi connectivity index (χ4v) is 2.60. The van der Waals surface area contributed by atoms with E-state index in [9.17, 15) is 4.39 Å². The second kappa shape index (κ2) is 6.64. The molecule has 2 heterocycles. The highest BCUT2D eigenvalue weighted by Gasteiger charge is 2.22. The first kappa shape index (κ1) is 15.8. The summed E-state index contributed by atoms with van der Waals surface area (Å²) in [7, 11) is 0. The Morgan fingerprint density at radius 3 is 2.56 bits per heavy atom. The molecule has 0 amide bonds. The topological polar surface area (TPSA) is 62.7 Å². The first-order valence-corrected chi connectivity index (χ1v) is 8.33. The monoisotopic (exact) mass is 355 g/mol. The lowest BCUT2D eigenvalue weighted by Gasteiger charge is -2.12. The van der Waals surface area contributed by atoms with Gasteiger partial charge in [-0.2, -0.15) is 4.98 Å². The Bertz CT molecular complexity index is 899. The van der Waals surface area contributed by atoms with Gasteiger partial charge in [-0.3, -0.25) is 4.98 Å². The molecule has 0 radical (unpaired) electrons. The molecule has 25 heavy (non-hydrogen) atoms. The molecule has 126 valence electrons. The Hall–Kier alpha value is -2.73. The summed E-state index contributed by atoms with van der Waals surface area (Å²) < 4.78 is 13.2. The van der Waals surface area contributed by atoms with Gasteiger partial charge in [-0.25, -0.2) is 9.37 Å². The van der Waals surface area contributed by atoms with Gasteiger partial charge in [0.05, 0.1) is 16.4 Å². The Kier molecular flexibility index (Phi) is 4.19. The van der Waals surface area contributed by atoms with Crippen LogP contribution in [0.1, 0.15) is 12.8 Å². The number of pyridine rings is 1. The second-order valence-corrected chi connectivity index (χ2v) is 6.27. The zero-order chi connectivity index (χ0) is 17.2. The van der Waals surface area contributed by atoms with E-state index >= 15 is 0 Å². The average molecular weight is 356 g/mol. The summed E-state index contributed by atoms with van der Waals surface area (Å²) in [5, 5.41) is 6.74. The van der Waals surface area contributed by atoms with Gasteiger partial charge < -0.3 is 10.6 Å². The molecule has 5 nitrogen and oxygen atoms in total. The van der Waals surface area contributed by atoms with E-state index in [0.29, 0.717) is 28.5 Å². The van der Waals surface area contributed by atoms with Gasteiger partial charge in [0, 0.05) is 30.1 Å². The molecule has 4 rings (SSSR count). The molecule has 2 N–H and O–H groups in total. The zero-order valence-corrected chi connectivity index (χ0v) is 14.0. The molecule has 1 aliphatic rings. The molecule has 1 saturated carbocycles. The van der Waals surface area contributed by atoms with Crippen LogP contribution in [0.5, 0.6) is 0 Å². The number of rotatable bonds is 5. The van der Waals surface area contributed by atoms with Crippen LogP contribution >= 0.6 is 11.6 Å². The normalized spacial score (nSPS) is 13.5. The van der Waals surface area contributed by atoms with Crippen LogP contribution in [0.15, 0.2) is 48.8 Å². The van der Waals surface area contributed by atoms with Gasteiger partial charge in [0.25, 0.3) is 0 Å². The third-order valence-electron chi connectivity index (χ3n) is 3.81. The molecule has 2 aromatic heterocycles. The lowest BCUT2D eigenvalue weighted by atomic mass is 10.2. The minimum Gasteiger partial charge on any atom is -0.351 e. The fourth-order valence-electron chi connectivity index (χ4n) is 2.39. The maximum atomic E-state index is 13.2. The average Bonchev–Trinajstić information content (AvgIpc) is 3.42. The number of halogens is 2. The highest BCUT2D eigenvalue weighted by molar-refractivity contribution is 6.33. The van der Waals surface area contributed by atoms with E-state index in [-0.39, 0.29) is 5.82 Å². The minimum absolute atomic E-state index is 0.292. The van der Waals surface area contributed by atoms with Crippen molar-refractivity contribution in [3.05, 3.63) is 59.6 Å². The van der Waals surface area contributed by atoms with Crippen molar-refractivity contribution < 1.29 is 4.39 Å². The van der Waals surface area contributed by atoms with Gasteiger partial charge in [0.2, 0.25) is 5.95 Å². The summed E-state index contributed by atoms with van der Waals surface area (Å²) in [5.74, 6) is 0.753. The maximum Gasteiger partial charge on any atom is 0.225 e. The zero-order valence-electron chi connectivity index (χ0n) is 13.2. The standard InChI is InChI=1S/C18H15ClFN5/c19-14-9-12(20)1-4-15(14)23-17-10-16(11-5-7-21-8-6-11)24-18(25-17)22-13-2-3-13/h1,4-10,13H,2-3H2,(H2,22,23,24,25). The molecular formula is C18H15ClFN5. The van der Waals surface area contributed by atoms with Crippen LogP contribution in [0.2, 0.25) is 5.02 Å². The van der Waals surface area contributed by atoms with Gasteiger partial charge in [-0.1, -0.05) is 11.6 Å². The number of nitrogens with zero attached hydrogens (tertiary/aromatic N) is 3.